The maximum absolute atomic E-state index is 12.6. The number of benzene rings is 1. The highest BCUT2D eigenvalue weighted by atomic mass is 79.9. The molecule has 3 rings (SSSR count). The quantitative estimate of drug-likeness (QED) is 0.735. The summed E-state index contributed by atoms with van der Waals surface area (Å²) < 4.78 is 1.36. The fourth-order valence-corrected chi connectivity index (χ4v) is 3.30. The minimum atomic E-state index is -1.06. The number of nitrogens with one attached hydrogen (secondary N) is 1. The van der Waals surface area contributed by atoms with Gasteiger partial charge in [0.05, 0.1) is 5.69 Å². The lowest BCUT2D eigenvalue weighted by Gasteiger charge is -2.44. The number of nitrogens with zero attached hydrogens (tertiary/aromatic N) is 1. The number of hydrogen-bond donors (Lipinski definition) is 1. The van der Waals surface area contributed by atoms with E-state index in [1.165, 1.54) is 0 Å². The molecule has 5 nitrogen and oxygen atoms in total. The van der Waals surface area contributed by atoms with Crippen molar-refractivity contribution in [3.63, 3.8) is 0 Å². The van der Waals surface area contributed by atoms with Gasteiger partial charge < -0.3 is 0 Å². The zero-order valence-electron chi connectivity index (χ0n) is 10.3. The first kappa shape index (κ1) is 13.8. The Hall–Kier alpha value is -1.21. The molecule has 1 spiro atoms. The van der Waals surface area contributed by atoms with Gasteiger partial charge in [0.25, 0.3) is 5.91 Å². The molecule has 1 aromatic carbocycles. The molecule has 1 aliphatic carbocycles. The van der Waals surface area contributed by atoms with E-state index in [2.05, 4.69) is 37.2 Å². The molecule has 1 aromatic rings. The molecule has 1 saturated carbocycles. The molecule has 1 N–H and O–H groups in total. The summed E-state index contributed by atoms with van der Waals surface area (Å²) in [6.07, 6.45) is 1.81. The van der Waals surface area contributed by atoms with Crippen molar-refractivity contribution in [2.45, 2.75) is 19.3 Å². The Morgan fingerprint density at radius 3 is 2.45 bits per heavy atom. The van der Waals surface area contributed by atoms with Crippen LogP contribution in [0.4, 0.5) is 10.5 Å². The second-order valence-electron chi connectivity index (χ2n) is 4.93. The van der Waals surface area contributed by atoms with Gasteiger partial charge in [-0.25, -0.2) is 9.69 Å². The lowest BCUT2D eigenvalue weighted by Crippen LogP contribution is -2.66. The second kappa shape index (κ2) is 4.66. The van der Waals surface area contributed by atoms with Crippen LogP contribution in [0.1, 0.15) is 19.3 Å². The van der Waals surface area contributed by atoms with Crippen LogP contribution in [0.2, 0.25) is 0 Å². The standard InChI is InChI=1S/C13H10Br2N2O3/c14-7-2-3-8(15)9(6-7)17-11(19)13(4-1-5-13)10(18)16-12(17)20/h2-3,6H,1,4-5H2,(H,16,18,20). The predicted octanol–water partition coefficient (Wildman–Crippen LogP) is 2.96. The fraction of sp³-hybridized carbons (Fsp3) is 0.308. The van der Waals surface area contributed by atoms with Crippen LogP contribution in [0, 0.1) is 5.41 Å². The van der Waals surface area contributed by atoms with E-state index in [1.54, 1.807) is 18.2 Å². The highest BCUT2D eigenvalue weighted by Gasteiger charge is 2.57. The molecular formula is C13H10Br2N2O3. The third-order valence-corrected chi connectivity index (χ3v) is 4.99. The van der Waals surface area contributed by atoms with Crippen molar-refractivity contribution in [1.29, 1.82) is 0 Å². The van der Waals surface area contributed by atoms with Crippen LogP contribution in [-0.4, -0.2) is 17.8 Å². The number of urea groups is 1. The Labute approximate surface area is 132 Å². The van der Waals surface area contributed by atoms with Gasteiger partial charge in [0.15, 0.2) is 0 Å². The van der Waals surface area contributed by atoms with Crippen LogP contribution in [-0.2, 0) is 9.59 Å². The van der Waals surface area contributed by atoms with Crippen molar-refractivity contribution in [1.82, 2.24) is 5.32 Å². The number of barbiturate groups is 1. The fourth-order valence-electron chi connectivity index (χ4n) is 2.52. The van der Waals surface area contributed by atoms with Gasteiger partial charge in [0.2, 0.25) is 5.91 Å². The summed E-state index contributed by atoms with van der Waals surface area (Å²) >= 11 is 6.65. The summed E-state index contributed by atoms with van der Waals surface area (Å²) in [5.74, 6) is -0.905. The van der Waals surface area contributed by atoms with Crippen LogP contribution in [0.5, 0.6) is 0 Å². The number of rotatable bonds is 1. The molecule has 2 fully saturated rings. The Kier molecular flexibility index (Phi) is 3.21. The topological polar surface area (TPSA) is 66.5 Å². The molecule has 1 aliphatic heterocycles. The smallest absolute Gasteiger partial charge is 0.276 e. The second-order valence-corrected chi connectivity index (χ2v) is 6.70. The van der Waals surface area contributed by atoms with Gasteiger partial charge in [-0.3, -0.25) is 14.9 Å². The molecule has 104 valence electrons. The van der Waals surface area contributed by atoms with Crippen LogP contribution in [0.25, 0.3) is 0 Å². The van der Waals surface area contributed by atoms with E-state index in [9.17, 15) is 14.4 Å². The van der Waals surface area contributed by atoms with Crippen molar-refractivity contribution in [3.8, 4) is 0 Å². The van der Waals surface area contributed by atoms with Crippen molar-refractivity contribution in [3.05, 3.63) is 27.1 Å². The number of carbonyl (C=O) groups excluding carboxylic acids is 3. The normalized spacial score (nSPS) is 20.9. The molecule has 1 heterocycles. The van der Waals surface area contributed by atoms with Gasteiger partial charge >= 0.3 is 6.03 Å². The van der Waals surface area contributed by atoms with Gasteiger partial charge in [0.1, 0.15) is 5.41 Å². The van der Waals surface area contributed by atoms with Gasteiger partial charge in [-0.2, -0.15) is 0 Å². The number of halogens is 2. The summed E-state index contributed by atoms with van der Waals surface area (Å²) in [6.45, 7) is 0. The van der Waals surface area contributed by atoms with Crippen LogP contribution >= 0.6 is 31.9 Å². The zero-order valence-corrected chi connectivity index (χ0v) is 13.5. The Balaban J connectivity index is 2.08. The maximum Gasteiger partial charge on any atom is 0.335 e. The van der Waals surface area contributed by atoms with Gasteiger partial charge in [-0.15, -0.1) is 0 Å². The first-order valence-corrected chi connectivity index (χ1v) is 7.69. The molecule has 0 radical (unpaired) electrons. The molecule has 0 unspecified atom stereocenters. The zero-order chi connectivity index (χ0) is 14.5. The van der Waals surface area contributed by atoms with Crippen molar-refractivity contribution in [2.75, 3.05) is 4.90 Å². The van der Waals surface area contributed by atoms with Crippen molar-refractivity contribution >= 4 is 55.4 Å². The molecule has 2 aliphatic rings. The minimum Gasteiger partial charge on any atom is -0.276 e. The molecule has 0 bridgehead atoms. The molecule has 0 aromatic heterocycles. The number of amides is 4. The van der Waals surface area contributed by atoms with Crippen LogP contribution in [0.15, 0.2) is 27.1 Å². The predicted molar refractivity (Wildman–Crippen MR) is 79.2 cm³/mol. The largest absolute Gasteiger partial charge is 0.335 e. The van der Waals surface area contributed by atoms with Crippen LogP contribution in [0.3, 0.4) is 0 Å². The van der Waals surface area contributed by atoms with Crippen LogP contribution < -0.4 is 10.2 Å². The molecular weight excluding hydrogens is 392 g/mol. The average Bonchev–Trinajstić information content (AvgIpc) is 2.31. The Morgan fingerprint density at radius 1 is 1.15 bits per heavy atom. The van der Waals surface area contributed by atoms with Crippen molar-refractivity contribution in [2.24, 2.45) is 5.41 Å². The maximum atomic E-state index is 12.6. The Morgan fingerprint density at radius 2 is 1.85 bits per heavy atom. The van der Waals surface area contributed by atoms with Gasteiger partial charge in [-0.1, -0.05) is 22.4 Å². The monoisotopic (exact) mass is 400 g/mol. The lowest BCUT2D eigenvalue weighted by atomic mass is 9.66. The summed E-state index contributed by atoms with van der Waals surface area (Å²) in [6, 6.07) is 4.51. The number of imide groups is 2. The van der Waals surface area contributed by atoms with E-state index in [-0.39, 0.29) is 0 Å². The highest BCUT2D eigenvalue weighted by Crippen LogP contribution is 2.46. The molecule has 7 heteroatoms. The summed E-state index contributed by atoms with van der Waals surface area (Å²) in [5.41, 5.74) is -0.629. The number of anilines is 1. The van der Waals surface area contributed by atoms with E-state index in [0.717, 1.165) is 15.8 Å². The first-order valence-electron chi connectivity index (χ1n) is 6.11. The van der Waals surface area contributed by atoms with Crippen molar-refractivity contribution < 1.29 is 14.4 Å². The highest BCUT2D eigenvalue weighted by molar-refractivity contribution is 9.11. The molecule has 20 heavy (non-hydrogen) atoms. The van der Waals surface area contributed by atoms with E-state index >= 15 is 0 Å². The summed E-state index contributed by atoms with van der Waals surface area (Å²) in [5, 5.41) is 2.29. The first-order chi connectivity index (χ1) is 9.45. The minimum absolute atomic E-state index is 0.431. The summed E-state index contributed by atoms with van der Waals surface area (Å²) in [7, 11) is 0. The van der Waals surface area contributed by atoms with E-state index in [0.29, 0.717) is 23.0 Å². The Bertz CT molecular complexity index is 641. The summed E-state index contributed by atoms with van der Waals surface area (Å²) in [4.78, 5) is 37.7. The lowest BCUT2D eigenvalue weighted by molar-refractivity contribution is -0.148. The third kappa shape index (κ3) is 1.83. The molecule has 4 amide bonds. The van der Waals surface area contributed by atoms with Gasteiger partial charge in [0, 0.05) is 8.95 Å². The van der Waals surface area contributed by atoms with Gasteiger partial charge in [-0.05, 0) is 47.0 Å². The third-order valence-electron chi connectivity index (χ3n) is 3.83. The SMILES string of the molecule is O=C1NC(=O)C2(CCC2)C(=O)N1c1cc(Br)ccc1Br. The number of hydrogen-bond acceptors (Lipinski definition) is 3. The van der Waals surface area contributed by atoms with E-state index in [1.807, 2.05) is 0 Å². The van der Waals surface area contributed by atoms with E-state index < -0.39 is 23.3 Å². The molecule has 1 saturated heterocycles. The molecule has 0 atom stereocenters. The number of carbonyl (C=O) groups is 3. The van der Waals surface area contributed by atoms with E-state index in [4.69, 9.17) is 0 Å². The average molecular weight is 402 g/mol.